The van der Waals surface area contributed by atoms with E-state index < -0.39 is 6.43 Å². The molecule has 0 atom stereocenters. The monoisotopic (exact) mass is 172 g/mol. The van der Waals surface area contributed by atoms with Gasteiger partial charge >= 0.3 is 0 Å². The summed E-state index contributed by atoms with van der Waals surface area (Å²) in [5.41, 5.74) is 6.25. The second-order valence-corrected chi connectivity index (χ2v) is 2.53. The summed E-state index contributed by atoms with van der Waals surface area (Å²) in [6.45, 7) is 1.78. The molecule has 0 aliphatic carbocycles. The van der Waals surface area contributed by atoms with E-state index in [0.717, 1.165) is 0 Å². The van der Waals surface area contributed by atoms with E-state index in [4.69, 9.17) is 5.73 Å². The molecule has 0 aliphatic rings. The van der Waals surface area contributed by atoms with Gasteiger partial charge in [-0.05, 0) is 18.6 Å². The minimum Gasteiger partial charge on any atom is -0.326 e. The zero-order valence-electron chi connectivity index (χ0n) is 6.72. The Balaban J connectivity index is 3.12. The molecule has 0 saturated carbocycles. The normalized spacial score (nSPS) is 10.8. The molecular weight excluding hydrogens is 162 g/mol. The Kier molecular flexibility index (Phi) is 2.70. The van der Waals surface area contributed by atoms with Gasteiger partial charge in [-0.2, -0.15) is 0 Å². The van der Waals surface area contributed by atoms with Gasteiger partial charge in [0.25, 0.3) is 6.43 Å². The number of hydrogen-bond acceptors (Lipinski definition) is 2. The Bertz CT molecular complexity index is 274. The van der Waals surface area contributed by atoms with Crippen molar-refractivity contribution >= 4 is 0 Å². The summed E-state index contributed by atoms with van der Waals surface area (Å²) in [6.07, 6.45) is -1.07. The molecule has 2 nitrogen and oxygen atoms in total. The van der Waals surface area contributed by atoms with Crippen molar-refractivity contribution < 1.29 is 8.78 Å². The Morgan fingerprint density at radius 2 is 2.25 bits per heavy atom. The highest BCUT2D eigenvalue weighted by Crippen LogP contribution is 2.22. The van der Waals surface area contributed by atoms with Crippen molar-refractivity contribution in [2.45, 2.75) is 19.9 Å². The molecule has 4 heteroatoms. The van der Waals surface area contributed by atoms with Crippen LogP contribution in [0.1, 0.15) is 23.2 Å². The van der Waals surface area contributed by atoms with Crippen LogP contribution in [0.4, 0.5) is 8.78 Å². The predicted molar refractivity (Wildman–Crippen MR) is 41.8 cm³/mol. The first-order valence-corrected chi connectivity index (χ1v) is 3.58. The van der Waals surface area contributed by atoms with Crippen LogP contribution in [0.2, 0.25) is 0 Å². The fraction of sp³-hybridized carbons (Fsp3) is 0.375. The van der Waals surface area contributed by atoms with Crippen LogP contribution in [0, 0.1) is 6.92 Å². The number of rotatable bonds is 2. The van der Waals surface area contributed by atoms with Gasteiger partial charge in [-0.1, -0.05) is 0 Å². The zero-order chi connectivity index (χ0) is 9.14. The summed E-state index contributed by atoms with van der Waals surface area (Å²) in [7, 11) is 0. The van der Waals surface area contributed by atoms with Gasteiger partial charge in [0.15, 0.2) is 0 Å². The molecule has 1 aromatic rings. The maximum atomic E-state index is 12.3. The standard InChI is InChI=1S/C8H10F2N2/c1-5-2-7(8(9)10)6(3-11)4-12-5/h2,4,8H,3,11H2,1H3. The molecule has 0 spiro atoms. The largest absolute Gasteiger partial charge is 0.326 e. The zero-order valence-corrected chi connectivity index (χ0v) is 6.72. The van der Waals surface area contributed by atoms with Crippen molar-refractivity contribution in [3.63, 3.8) is 0 Å². The van der Waals surface area contributed by atoms with E-state index in [1.807, 2.05) is 0 Å². The third-order valence-corrected chi connectivity index (χ3v) is 1.61. The molecule has 0 amide bonds. The number of aryl methyl sites for hydroxylation is 1. The first kappa shape index (κ1) is 9.06. The second-order valence-electron chi connectivity index (χ2n) is 2.53. The van der Waals surface area contributed by atoms with Crippen LogP contribution in [-0.4, -0.2) is 4.98 Å². The van der Waals surface area contributed by atoms with Crippen LogP contribution in [0.25, 0.3) is 0 Å². The van der Waals surface area contributed by atoms with Gasteiger partial charge in [-0.3, -0.25) is 4.98 Å². The molecule has 1 rings (SSSR count). The Morgan fingerprint density at radius 1 is 1.58 bits per heavy atom. The first-order valence-electron chi connectivity index (χ1n) is 3.58. The Morgan fingerprint density at radius 3 is 2.75 bits per heavy atom. The molecule has 0 aromatic carbocycles. The van der Waals surface area contributed by atoms with E-state index in [1.165, 1.54) is 12.3 Å². The number of nitrogens with two attached hydrogens (primary N) is 1. The van der Waals surface area contributed by atoms with Gasteiger partial charge in [-0.15, -0.1) is 0 Å². The SMILES string of the molecule is Cc1cc(C(F)F)c(CN)cn1. The summed E-state index contributed by atoms with van der Waals surface area (Å²) >= 11 is 0. The molecule has 0 aliphatic heterocycles. The molecule has 12 heavy (non-hydrogen) atoms. The Hall–Kier alpha value is -1.03. The lowest BCUT2D eigenvalue weighted by atomic mass is 10.1. The van der Waals surface area contributed by atoms with E-state index in [0.29, 0.717) is 11.3 Å². The van der Waals surface area contributed by atoms with Crippen molar-refractivity contribution in [3.05, 3.63) is 29.1 Å². The van der Waals surface area contributed by atoms with Crippen LogP contribution >= 0.6 is 0 Å². The Labute approximate surface area is 69.4 Å². The van der Waals surface area contributed by atoms with Crippen molar-refractivity contribution in [3.8, 4) is 0 Å². The van der Waals surface area contributed by atoms with Crippen molar-refractivity contribution in [1.82, 2.24) is 4.98 Å². The molecule has 0 unspecified atom stereocenters. The molecule has 1 aromatic heterocycles. The van der Waals surface area contributed by atoms with Crippen molar-refractivity contribution in [1.29, 1.82) is 0 Å². The summed E-state index contributed by atoms with van der Waals surface area (Å²) < 4.78 is 24.6. The van der Waals surface area contributed by atoms with Gasteiger partial charge in [0.05, 0.1) is 0 Å². The summed E-state index contributed by atoms with van der Waals surface area (Å²) in [6, 6.07) is 1.37. The summed E-state index contributed by atoms with van der Waals surface area (Å²) in [5.74, 6) is 0. The highest BCUT2D eigenvalue weighted by molar-refractivity contribution is 5.27. The fourth-order valence-corrected chi connectivity index (χ4v) is 0.983. The van der Waals surface area contributed by atoms with Crippen molar-refractivity contribution in [2.75, 3.05) is 0 Å². The van der Waals surface area contributed by atoms with Gasteiger partial charge in [0.2, 0.25) is 0 Å². The number of pyridine rings is 1. The van der Waals surface area contributed by atoms with E-state index in [1.54, 1.807) is 6.92 Å². The van der Waals surface area contributed by atoms with E-state index in [-0.39, 0.29) is 12.1 Å². The molecule has 0 saturated heterocycles. The van der Waals surface area contributed by atoms with E-state index in [9.17, 15) is 8.78 Å². The average molecular weight is 172 g/mol. The van der Waals surface area contributed by atoms with Crippen LogP contribution in [0.5, 0.6) is 0 Å². The molecule has 0 fully saturated rings. The number of alkyl halides is 2. The van der Waals surface area contributed by atoms with Gasteiger partial charge in [0.1, 0.15) is 0 Å². The fourth-order valence-electron chi connectivity index (χ4n) is 0.983. The van der Waals surface area contributed by atoms with E-state index >= 15 is 0 Å². The quantitative estimate of drug-likeness (QED) is 0.738. The number of halogens is 2. The highest BCUT2D eigenvalue weighted by atomic mass is 19.3. The minimum absolute atomic E-state index is 0.00926. The number of hydrogen-bond donors (Lipinski definition) is 1. The minimum atomic E-state index is -2.47. The van der Waals surface area contributed by atoms with Crippen LogP contribution in [-0.2, 0) is 6.54 Å². The van der Waals surface area contributed by atoms with Crippen LogP contribution < -0.4 is 5.73 Å². The lowest BCUT2D eigenvalue weighted by Crippen LogP contribution is -2.03. The smallest absolute Gasteiger partial charge is 0.264 e. The third kappa shape index (κ3) is 1.76. The summed E-state index contributed by atoms with van der Waals surface area (Å²) in [4.78, 5) is 3.88. The maximum absolute atomic E-state index is 12.3. The average Bonchev–Trinajstić information content (AvgIpc) is 2.04. The van der Waals surface area contributed by atoms with Gasteiger partial charge in [-0.25, -0.2) is 8.78 Å². The molecule has 2 N–H and O–H groups in total. The van der Waals surface area contributed by atoms with Gasteiger partial charge < -0.3 is 5.73 Å². The molecular formula is C8H10F2N2. The lowest BCUT2D eigenvalue weighted by Gasteiger charge is -2.06. The third-order valence-electron chi connectivity index (χ3n) is 1.61. The maximum Gasteiger partial charge on any atom is 0.264 e. The second kappa shape index (κ2) is 3.58. The summed E-state index contributed by atoms with van der Waals surface area (Å²) in [5, 5.41) is 0. The molecule has 0 bridgehead atoms. The van der Waals surface area contributed by atoms with E-state index in [2.05, 4.69) is 4.98 Å². The predicted octanol–water partition coefficient (Wildman–Crippen LogP) is 1.79. The number of nitrogens with zero attached hydrogens (tertiary/aromatic N) is 1. The molecule has 0 radical (unpaired) electrons. The first-order chi connectivity index (χ1) is 5.65. The van der Waals surface area contributed by atoms with Crippen LogP contribution in [0.15, 0.2) is 12.3 Å². The van der Waals surface area contributed by atoms with Crippen LogP contribution in [0.3, 0.4) is 0 Å². The molecule has 66 valence electrons. The molecule has 1 heterocycles. The topological polar surface area (TPSA) is 38.9 Å². The van der Waals surface area contributed by atoms with Gasteiger partial charge in [0, 0.05) is 24.0 Å². The number of aromatic nitrogens is 1. The highest BCUT2D eigenvalue weighted by Gasteiger charge is 2.11. The lowest BCUT2D eigenvalue weighted by molar-refractivity contribution is 0.150. The van der Waals surface area contributed by atoms with Crippen molar-refractivity contribution in [2.24, 2.45) is 5.73 Å².